The number of nitrogens with zero attached hydrogens (tertiary/aromatic N) is 4. The molecule has 6 aromatic rings. The Morgan fingerprint density at radius 2 is 1.71 bits per heavy atom. The van der Waals surface area contributed by atoms with E-state index < -0.39 is 0 Å². The zero-order valence-electron chi connectivity index (χ0n) is 28.9. The summed E-state index contributed by atoms with van der Waals surface area (Å²) in [6.45, 7) is 15.8. The van der Waals surface area contributed by atoms with Crippen molar-refractivity contribution in [3.63, 3.8) is 0 Å². The van der Waals surface area contributed by atoms with Gasteiger partial charge >= 0.3 is 21.1 Å². The van der Waals surface area contributed by atoms with Crippen LogP contribution in [0.2, 0.25) is 0 Å². The van der Waals surface area contributed by atoms with E-state index in [-0.39, 0.29) is 27.0 Å². The Hall–Kier alpha value is -4.15. The Kier molecular flexibility index (Phi) is 9.41. The van der Waals surface area contributed by atoms with E-state index in [1.807, 2.05) is 30.3 Å². The van der Waals surface area contributed by atoms with Crippen molar-refractivity contribution in [3.8, 4) is 28.8 Å². The van der Waals surface area contributed by atoms with E-state index in [0.717, 1.165) is 50.3 Å². The predicted molar refractivity (Wildman–Crippen MR) is 189 cm³/mol. The third kappa shape index (κ3) is 6.00. The molecule has 1 aliphatic carbocycles. The molecule has 248 valence electrons. The molecular weight excluding hydrogens is 776 g/mol. The number of aromatic nitrogens is 4. The molecule has 6 nitrogen and oxygen atoms in total. The van der Waals surface area contributed by atoms with Crippen LogP contribution in [0.1, 0.15) is 75.4 Å². The topological polar surface area (TPSA) is 54.1 Å². The molecule has 0 aliphatic heterocycles. The summed E-state index contributed by atoms with van der Waals surface area (Å²) in [7, 11) is 1.67. The molecule has 0 radical (unpaired) electrons. The molecule has 0 saturated carbocycles. The van der Waals surface area contributed by atoms with E-state index in [1.165, 1.54) is 23.3 Å². The van der Waals surface area contributed by atoms with Gasteiger partial charge in [-0.25, -0.2) is 4.98 Å². The second-order valence-corrected chi connectivity index (χ2v) is 13.5. The third-order valence-corrected chi connectivity index (χ3v) is 9.51. The molecule has 48 heavy (non-hydrogen) atoms. The molecule has 1 unspecified atom stereocenters. The quantitative estimate of drug-likeness (QED) is 0.119. The van der Waals surface area contributed by atoms with Crippen molar-refractivity contribution in [3.05, 3.63) is 113 Å². The number of benzene rings is 3. The van der Waals surface area contributed by atoms with E-state index in [4.69, 9.17) is 14.6 Å². The molecule has 0 fully saturated rings. The van der Waals surface area contributed by atoms with E-state index >= 15 is 0 Å². The summed E-state index contributed by atoms with van der Waals surface area (Å²) < 4.78 is 16.3. The first-order valence-electron chi connectivity index (χ1n) is 16.6. The van der Waals surface area contributed by atoms with Gasteiger partial charge in [-0.2, -0.15) is 16.7 Å². The Labute approximate surface area is 298 Å². The van der Waals surface area contributed by atoms with Gasteiger partial charge in [-0.3, -0.25) is 4.68 Å². The fourth-order valence-corrected chi connectivity index (χ4v) is 7.76. The SMILES string of the molecule is COc1ccnc(-n2c3[c-]c(Oc4[c-]c(-n5nc(C)c(C6C(C)=C[C@H](C)C[C@@H]6C)c5C(C)C)cc(C)c4)ccc3c3ccccc32)c1.[Pt+2]. The van der Waals surface area contributed by atoms with Crippen LogP contribution in [0.4, 0.5) is 0 Å². The van der Waals surface area contributed by atoms with Crippen LogP contribution in [0.3, 0.4) is 0 Å². The van der Waals surface area contributed by atoms with Crippen molar-refractivity contribution in [2.75, 3.05) is 7.11 Å². The number of ether oxygens (including phenoxy) is 2. The number of pyridine rings is 1. The van der Waals surface area contributed by atoms with Gasteiger partial charge in [0.15, 0.2) is 0 Å². The summed E-state index contributed by atoms with van der Waals surface area (Å²) >= 11 is 0. The largest absolute Gasteiger partial charge is 2.00 e. The number of rotatable bonds is 7. The monoisotopic (exact) mass is 817 g/mol. The minimum absolute atomic E-state index is 0. The summed E-state index contributed by atoms with van der Waals surface area (Å²) in [4.78, 5) is 4.68. The maximum absolute atomic E-state index is 6.54. The summed E-state index contributed by atoms with van der Waals surface area (Å²) in [6.07, 6.45) is 5.40. The first-order chi connectivity index (χ1) is 22.6. The first kappa shape index (κ1) is 33.7. The molecule has 3 atom stereocenters. The van der Waals surface area contributed by atoms with Gasteiger partial charge in [0.1, 0.15) is 11.6 Å². The molecule has 0 bridgehead atoms. The van der Waals surface area contributed by atoms with Gasteiger partial charge in [0.2, 0.25) is 0 Å². The fourth-order valence-electron chi connectivity index (χ4n) is 7.76. The van der Waals surface area contributed by atoms with Crippen LogP contribution in [-0.4, -0.2) is 26.4 Å². The zero-order valence-corrected chi connectivity index (χ0v) is 31.1. The summed E-state index contributed by atoms with van der Waals surface area (Å²) in [5, 5.41) is 7.35. The average Bonchev–Trinajstić information content (AvgIpc) is 3.55. The number of hydrogen-bond donors (Lipinski definition) is 0. The average molecular weight is 818 g/mol. The third-order valence-electron chi connectivity index (χ3n) is 9.51. The van der Waals surface area contributed by atoms with Crippen LogP contribution in [-0.2, 0) is 21.1 Å². The Bertz CT molecular complexity index is 2160. The number of hydrogen-bond acceptors (Lipinski definition) is 4. The van der Waals surface area contributed by atoms with Crippen molar-refractivity contribution in [2.45, 2.75) is 66.7 Å². The van der Waals surface area contributed by atoms with Crippen molar-refractivity contribution in [1.29, 1.82) is 0 Å². The Morgan fingerprint density at radius 1 is 0.917 bits per heavy atom. The van der Waals surface area contributed by atoms with Gasteiger partial charge in [-0.1, -0.05) is 70.0 Å². The minimum atomic E-state index is 0. The molecule has 0 saturated heterocycles. The van der Waals surface area contributed by atoms with Crippen LogP contribution in [0, 0.1) is 37.8 Å². The maximum atomic E-state index is 6.54. The number of para-hydroxylation sites is 1. The summed E-state index contributed by atoms with van der Waals surface area (Å²) in [5.74, 6) is 4.53. The van der Waals surface area contributed by atoms with Gasteiger partial charge in [-0.15, -0.1) is 35.7 Å². The van der Waals surface area contributed by atoms with Crippen molar-refractivity contribution < 1.29 is 30.5 Å². The minimum Gasteiger partial charge on any atom is -0.509 e. The number of methoxy groups -OCH3 is 1. The molecule has 3 aromatic heterocycles. The number of allylic oxidation sites excluding steroid dienone is 2. The van der Waals surface area contributed by atoms with E-state index in [1.54, 1.807) is 13.3 Å². The molecule has 1 aliphatic rings. The fraction of sp³-hybridized carbons (Fsp3) is 0.317. The normalized spacial score (nSPS) is 17.9. The second kappa shape index (κ2) is 13.4. The standard InChI is InChI=1S/C41H42N4O2.Pt/c1-24(2)41-40(39-27(5)17-25(3)18-28(39)6)29(7)43-45(41)30-19-26(4)20-33(21-30)47-32-13-14-35-34-11-9-10-12-36(34)44(37(35)22-32)38-23-31(46-8)15-16-42-38;/h9-17,19-20,23-25,28,39H,18H2,1-8H3;/q-2;+2/t25-,28-,39?;/m0./s1. The van der Waals surface area contributed by atoms with Gasteiger partial charge in [0.25, 0.3) is 0 Å². The van der Waals surface area contributed by atoms with Crippen LogP contribution in [0.25, 0.3) is 33.3 Å². The molecule has 0 spiro atoms. The number of aryl methyl sites for hydroxylation is 2. The summed E-state index contributed by atoms with van der Waals surface area (Å²) in [6, 6.07) is 27.5. The second-order valence-electron chi connectivity index (χ2n) is 13.5. The van der Waals surface area contributed by atoms with E-state index in [0.29, 0.717) is 29.3 Å². The van der Waals surface area contributed by atoms with Gasteiger partial charge in [0.05, 0.1) is 12.8 Å². The molecule has 7 heteroatoms. The molecule has 0 amide bonds. The maximum Gasteiger partial charge on any atom is 2.00 e. The molecule has 7 rings (SSSR count). The van der Waals surface area contributed by atoms with Crippen molar-refractivity contribution in [1.82, 2.24) is 19.3 Å². The molecule has 3 heterocycles. The molecular formula is C41H42N4O2Pt. The van der Waals surface area contributed by atoms with Crippen molar-refractivity contribution >= 4 is 21.8 Å². The zero-order chi connectivity index (χ0) is 33.0. The van der Waals surface area contributed by atoms with E-state index in [9.17, 15) is 0 Å². The predicted octanol–water partition coefficient (Wildman–Crippen LogP) is 10.2. The molecule has 3 aromatic carbocycles. The van der Waals surface area contributed by atoms with E-state index in [2.05, 4.69) is 111 Å². The number of fused-ring (bicyclic) bond motifs is 3. The van der Waals surface area contributed by atoms with Crippen LogP contribution in [0.15, 0.2) is 78.5 Å². The van der Waals surface area contributed by atoms with Gasteiger partial charge < -0.3 is 14.0 Å². The van der Waals surface area contributed by atoms with Crippen LogP contribution < -0.4 is 9.47 Å². The Balaban J connectivity index is 0.00000401. The smallest absolute Gasteiger partial charge is 0.509 e. The van der Waals surface area contributed by atoms with Crippen molar-refractivity contribution in [2.24, 2.45) is 11.8 Å². The summed E-state index contributed by atoms with van der Waals surface area (Å²) in [5.41, 5.74) is 9.02. The molecule has 0 N–H and O–H groups in total. The van der Waals surface area contributed by atoms with Crippen LogP contribution in [0.5, 0.6) is 17.2 Å². The first-order valence-corrected chi connectivity index (χ1v) is 16.6. The van der Waals surface area contributed by atoms with Gasteiger partial charge in [0, 0.05) is 46.5 Å². The van der Waals surface area contributed by atoms with Crippen LogP contribution >= 0.6 is 0 Å². The Morgan fingerprint density at radius 3 is 2.46 bits per heavy atom. The van der Waals surface area contributed by atoms with Gasteiger partial charge in [-0.05, 0) is 61.2 Å².